The Morgan fingerprint density at radius 1 is 1.37 bits per heavy atom. The highest BCUT2D eigenvalue weighted by Gasteiger charge is 2.60. The topological polar surface area (TPSA) is 122 Å². The van der Waals surface area contributed by atoms with Crippen LogP contribution < -0.4 is 5.32 Å². The van der Waals surface area contributed by atoms with E-state index in [9.17, 15) is 24.3 Å². The molecule has 10 heteroatoms. The summed E-state index contributed by atoms with van der Waals surface area (Å²) >= 11 is 1.38. The second-order valence-electron chi connectivity index (χ2n) is 6.90. The number of thioether (sulfide) groups is 1. The van der Waals surface area contributed by atoms with Gasteiger partial charge in [0.1, 0.15) is 5.70 Å². The lowest BCUT2D eigenvalue weighted by Crippen LogP contribution is -2.63. The summed E-state index contributed by atoms with van der Waals surface area (Å²) in [6, 6.07) is -0.332. The second-order valence-corrected chi connectivity index (χ2v) is 8.24. The maximum absolute atomic E-state index is 12.6. The molecule has 2 N–H and O–H groups in total. The van der Waals surface area contributed by atoms with Crippen LogP contribution in [-0.4, -0.2) is 64.5 Å². The summed E-state index contributed by atoms with van der Waals surface area (Å²) in [5.41, 5.74) is 0.117. The van der Waals surface area contributed by atoms with Gasteiger partial charge in [-0.25, -0.2) is 4.79 Å². The van der Waals surface area contributed by atoms with Crippen molar-refractivity contribution in [2.24, 2.45) is 11.8 Å². The lowest BCUT2D eigenvalue weighted by molar-refractivity contribution is -0.171. The molecule has 148 valence electrons. The quantitative estimate of drug-likeness (QED) is 0.357. The number of amides is 2. The van der Waals surface area contributed by atoms with Crippen LogP contribution in [0.3, 0.4) is 0 Å². The van der Waals surface area contributed by atoms with Gasteiger partial charge in [0.15, 0.2) is 0 Å². The van der Waals surface area contributed by atoms with E-state index in [2.05, 4.69) is 10.1 Å². The number of esters is 2. The SMILES string of the molecule is CC(=O)OCOC(=O)C1=C(S[C@@H]2CNC(=O)C2)[C@H](C)[C@@H]2[C@@H]([C@@H](C)O)C(=O)N12. The molecule has 0 unspecified atom stereocenters. The van der Waals surface area contributed by atoms with Crippen molar-refractivity contribution in [2.75, 3.05) is 13.3 Å². The summed E-state index contributed by atoms with van der Waals surface area (Å²) in [6.45, 7) is 4.57. The number of nitrogens with one attached hydrogen (secondary N) is 1. The number of nitrogens with zero attached hydrogens (tertiary/aromatic N) is 1. The van der Waals surface area contributed by atoms with E-state index in [0.29, 0.717) is 17.9 Å². The summed E-state index contributed by atoms with van der Waals surface area (Å²) in [4.78, 5) is 49.5. The predicted octanol–water partition coefficient (Wildman–Crippen LogP) is -0.259. The number of hydrogen-bond acceptors (Lipinski definition) is 8. The molecule has 3 aliphatic heterocycles. The van der Waals surface area contributed by atoms with Crippen molar-refractivity contribution in [1.82, 2.24) is 10.2 Å². The van der Waals surface area contributed by atoms with Crippen LogP contribution >= 0.6 is 11.8 Å². The smallest absolute Gasteiger partial charge is 0.358 e. The zero-order valence-electron chi connectivity index (χ0n) is 15.3. The molecule has 2 fully saturated rings. The van der Waals surface area contributed by atoms with E-state index in [1.165, 1.54) is 23.6 Å². The van der Waals surface area contributed by atoms with Gasteiger partial charge in [-0.05, 0) is 6.92 Å². The molecule has 0 spiro atoms. The number of aliphatic hydroxyl groups is 1. The molecule has 0 aromatic carbocycles. The van der Waals surface area contributed by atoms with Gasteiger partial charge in [0, 0.05) is 36.0 Å². The van der Waals surface area contributed by atoms with E-state index >= 15 is 0 Å². The first-order chi connectivity index (χ1) is 12.7. The van der Waals surface area contributed by atoms with Gasteiger partial charge >= 0.3 is 11.9 Å². The molecule has 0 aromatic rings. The average molecular weight is 398 g/mol. The van der Waals surface area contributed by atoms with Crippen molar-refractivity contribution in [3.8, 4) is 0 Å². The second kappa shape index (κ2) is 7.51. The van der Waals surface area contributed by atoms with E-state index in [1.807, 2.05) is 6.92 Å². The largest absolute Gasteiger partial charge is 0.428 e. The molecule has 2 amide bonds. The lowest BCUT2D eigenvalue weighted by Gasteiger charge is -2.46. The Morgan fingerprint density at radius 2 is 2.07 bits per heavy atom. The third-order valence-electron chi connectivity index (χ3n) is 4.99. The van der Waals surface area contributed by atoms with Crippen LogP contribution in [0.15, 0.2) is 10.6 Å². The van der Waals surface area contributed by atoms with Crippen LogP contribution in [0, 0.1) is 11.8 Å². The summed E-state index contributed by atoms with van der Waals surface area (Å²) in [7, 11) is 0. The highest BCUT2D eigenvalue weighted by Crippen LogP contribution is 2.51. The number of rotatable bonds is 6. The fraction of sp³-hybridized carbons (Fsp3) is 0.647. The van der Waals surface area contributed by atoms with E-state index in [0.717, 1.165) is 0 Å². The fourth-order valence-electron chi connectivity index (χ4n) is 3.75. The molecule has 0 aromatic heterocycles. The molecular weight excluding hydrogens is 376 g/mol. The van der Waals surface area contributed by atoms with Crippen LogP contribution in [0.2, 0.25) is 0 Å². The minimum atomic E-state index is -0.835. The first-order valence-corrected chi connectivity index (χ1v) is 9.59. The number of hydrogen-bond donors (Lipinski definition) is 2. The maximum atomic E-state index is 12.6. The summed E-state index contributed by atoms with van der Waals surface area (Å²) < 4.78 is 9.64. The molecule has 3 heterocycles. The van der Waals surface area contributed by atoms with Gasteiger partial charge < -0.3 is 24.8 Å². The number of fused-ring (bicyclic) bond motifs is 1. The molecule has 3 aliphatic rings. The summed E-state index contributed by atoms with van der Waals surface area (Å²) in [6.07, 6.45) is -0.506. The van der Waals surface area contributed by atoms with Crippen LogP contribution in [-0.2, 0) is 28.7 Å². The molecule has 0 radical (unpaired) electrons. The Balaban J connectivity index is 1.84. The fourth-order valence-corrected chi connectivity index (χ4v) is 5.15. The monoisotopic (exact) mass is 398 g/mol. The van der Waals surface area contributed by atoms with Gasteiger partial charge in [0.25, 0.3) is 0 Å². The van der Waals surface area contributed by atoms with E-state index < -0.39 is 30.8 Å². The van der Waals surface area contributed by atoms with Gasteiger partial charge in [0.2, 0.25) is 18.6 Å². The highest BCUT2D eigenvalue weighted by molar-refractivity contribution is 8.03. The van der Waals surface area contributed by atoms with Crippen molar-refractivity contribution in [2.45, 2.75) is 44.6 Å². The number of carbonyl (C=O) groups is 4. The van der Waals surface area contributed by atoms with Crippen molar-refractivity contribution in [3.05, 3.63) is 10.6 Å². The molecular formula is C17H22N2O7S. The number of aliphatic hydroxyl groups excluding tert-OH is 1. The van der Waals surface area contributed by atoms with Crippen molar-refractivity contribution in [3.63, 3.8) is 0 Å². The Morgan fingerprint density at radius 3 is 2.63 bits per heavy atom. The first-order valence-electron chi connectivity index (χ1n) is 8.71. The number of ether oxygens (including phenoxy) is 2. The molecule has 3 rings (SSSR count). The first kappa shape index (κ1) is 19.7. The molecule has 0 saturated carbocycles. The maximum Gasteiger partial charge on any atom is 0.358 e. The van der Waals surface area contributed by atoms with Crippen LogP contribution in [0.25, 0.3) is 0 Å². The number of β-lactam (4-membered cyclic amide) rings is 1. The Kier molecular flexibility index (Phi) is 5.48. The highest BCUT2D eigenvalue weighted by atomic mass is 32.2. The minimum absolute atomic E-state index is 0.0509. The van der Waals surface area contributed by atoms with Gasteiger partial charge in [-0.15, -0.1) is 11.8 Å². The molecule has 0 bridgehead atoms. The Labute approximate surface area is 160 Å². The standard InChI is InChI=1S/C17H22N2O7S/c1-7-13-12(8(2)20)16(23)19(13)14(17(24)26-6-25-9(3)21)15(7)27-10-4-11(22)18-5-10/h7-8,10,12-13,20H,4-6H2,1-3H3,(H,18,22)/t7-,8-,10+,12-,13-/m1/s1. The van der Waals surface area contributed by atoms with Gasteiger partial charge in [-0.2, -0.15) is 0 Å². The van der Waals surface area contributed by atoms with Crippen LogP contribution in [0.1, 0.15) is 27.2 Å². The predicted molar refractivity (Wildman–Crippen MR) is 93.7 cm³/mol. The molecule has 2 saturated heterocycles. The van der Waals surface area contributed by atoms with Crippen molar-refractivity contribution in [1.29, 1.82) is 0 Å². The van der Waals surface area contributed by atoms with Crippen molar-refractivity contribution < 1.29 is 33.8 Å². The van der Waals surface area contributed by atoms with E-state index in [4.69, 9.17) is 4.74 Å². The molecule has 9 nitrogen and oxygen atoms in total. The summed E-state index contributed by atoms with van der Waals surface area (Å²) in [5, 5.41) is 12.6. The lowest BCUT2D eigenvalue weighted by atomic mass is 9.79. The van der Waals surface area contributed by atoms with E-state index in [1.54, 1.807) is 6.92 Å². The molecule has 27 heavy (non-hydrogen) atoms. The van der Waals surface area contributed by atoms with Gasteiger partial charge in [0.05, 0.1) is 18.1 Å². The zero-order chi connectivity index (χ0) is 19.9. The third kappa shape index (κ3) is 3.55. The summed E-state index contributed by atoms with van der Waals surface area (Å²) in [5.74, 6) is -2.51. The van der Waals surface area contributed by atoms with E-state index in [-0.39, 0.29) is 34.7 Å². The average Bonchev–Trinajstić information content (AvgIpc) is 3.08. The van der Waals surface area contributed by atoms with Crippen molar-refractivity contribution >= 4 is 35.5 Å². The zero-order valence-corrected chi connectivity index (χ0v) is 16.1. The Bertz CT molecular complexity index is 720. The Hall–Kier alpha value is -2.07. The molecule has 5 atom stereocenters. The minimum Gasteiger partial charge on any atom is -0.428 e. The normalized spacial score (nSPS) is 30.6. The van der Waals surface area contributed by atoms with Crippen LogP contribution in [0.5, 0.6) is 0 Å². The molecule has 0 aliphatic carbocycles. The van der Waals surface area contributed by atoms with Gasteiger partial charge in [-0.1, -0.05) is 6.92 Å². The van der Waals surface area contributed by atoms with Gasteiger partial charge in [-0.3, -0.25) is 14.4 Å². The van der Waals surface area contributed by atoms with Crippen LogP contribution in [0.4, 0.5) is 0 Å². The third-order valence-corrected chi connectivity index (χ3v) is 6.47. The number of carbonyl (C=O) groups excluding carboxylic acids is 4.